The average molecular weight is 390 g/mol. The molecule has 0 atom stereocenters. The van der Waals surface area contributed by atoms with Gasteiger partial charge in [0.25, 0.3) is 5.91 Å². The monoisotopic (exact) mass is 390 g/mol. The topological polar surface area (TPSA) is 87.5 Å². The second kappa shape index (κ2) is 9.94. The van der Waals surface area contributed by atoms with Gasteiger partial charge in [-0.05, 0) is 37.1 Å². The molecule has 0 aromatic heterocycles. The normalized spacial score (nSPS) is 19.7. The molecular weight excluding hydrogens is 367 g/mol. The zero-order valence-corrected chi connectivity index (χ0v) is 16.1. The van der Waals surface area contributed by atoms with E-state index in [1.54, 1.807) is 56.4 Å². The fraction of sp³-hybridized carbons (Fsp3) is 0.263. The fourth-order valence-corrected chi connectivity index (χ4v) is 2.75. The number of rotatable bonds is 6. The molecule has 0 bridgehead atoms. The maximum absolute atomic E-state index is 14.3. The van der Waals surface area contributed by atoms with Crippen LogP contribution in [0.3, 0.4) is 0 Å². The maximum Gasteiger partial charge on any atom is 0.268 e. The molecule has 2 amide bonds. The van der Waals surface area contributed by atoms with E-state index in [0.717, 1.165) is 11.9 Å². The number of carbonyl (C=O) groups excluding carboxylic acids is 2. The number of hydrazine groups is 1. The summed E-state index contributed by atoms with van der Waals surface area (Å²) in [6.45, 7) is 3.84. The molecule has 6 nitrogen and oxygen atoms in total. The zero-order chi connectivity index (χ0) is 19.8. The van der Waals surface area contributed by atoms with Crippen molar-refractivity contribution >= 4 is 23.8 Å². The Morgan fingerprint density at radius 3 is 2.89 bits per heavy atom. The molecule has 0 spiro atoms. The van der Waals surface area contributed by atoms with Crippen LogP contribution in [0.4, 0.5) is 4.39 Å². The predicted octanol–water partition coefficient (Wildman–Crippen LogP) is 2.55. The van der Waals surface area contributed by atoms with Gasteiger partial charge in [0.1, 0.15) is 5.82 Å². The first-order valence-corrected chi connectivity index (χ1v) is 9.38. The SMILES string of the molecule is CCC(=O)NN1C/C=C(NCc2cccc(SN)c2F)/C=C\C=C(/C)C1=O. The van der Waals surface area contributed by atoms with Crippen molar-refractivity contribution in [3.05, 3.63) is 65.2 Å². The number of hydrogen-bond acceptors (Lipinski definition) is 5. The Balaban J connectivity index is 2.16. The molecule has 0 aliphatic carbocycles. The second-order valence-corrected chi connectivity index (χ2v) is 6.55. The summed E-state index contributed by atoms with van der Waals surface area (Å²) in [6.07, 6.45) is 7.23. The standard InChI is InChI=1S/C19H23FN4O2S/c1-3-17(25)23-24-11-10-15(8-4-6-13(2)19(24)26)22-12-14-7-5-9-16(27-21)18(14)20/h4-10,22H,3,11-12,21H2,1-2H3,(H,23,25)/b8-4-,13-6+,15-10-. The minimum Gasteiger partial charge on any atom is -0.381 e. The van der Waals surface area contributed by atoms with Crippen LogP contribution >= 0.6 is 11.9 Å². The molecule has 0 unspecified atom stereocenters. The lowest BCUT2D eigenvalue weighted by Crippen LogP contribution is -2.46. The van der Waals surface area contributed by atoms with Crippen molar-refractivity contribution in [2.24, 2.45) is 5.14 Å². The first kappa shape index (κ1) is 20.7. The third kappa shape index (κ3) is 5.70. The number of carbonyl (C=O) groups is 2. The number of halogens is 1. The number of benzene rings is 1. The number of nitrogens with one attached hydrogen (secondary N) is 2. The quantitative estimate of drug-likeness (QED) is 0.650. The van der Waals surface area contributed by atoms with E-state index in [1.165, 1.54) is 5.01 Å². The van der Waals surface area contributed by atoms with E-state index in [0.29, 0.717) is 21.7 Å². The van der Waals surface area contributed by atoms with Gasteiger partial charge in [-0.2, -0.15) is 0 Å². The third-order valence-corrected chi connectivity index (χ3v) is 4.50. The fourth-order valence-electron chi connectivity index (χ4n) is 2.36. The lowest BCUT2D eigenvalue weighted by atomic mass is 10.2. The van der Waals surface area contributed by atoms with Gasteiger partial charge >= 0.3 is 0 Å². The summed E-state index contributed by atoms with van der Waals surface area (Å²) in [5.74, 6) is -0.880. The molecule has 8 heteroatoms. The molecule has 1 aromatic carbocycles. The van der Waals surface area contributed by atoms with Crippen LogP contribution in [-0.2, 0) is 16.1 Å². The average Bonchev–Trinajstić information content (AvgIpc) is 2.73. The summed E-state index contributed by atoms with van der Waals surface area (Å²) in [6, 6.07) is 5.05. The third-order valence-electron chi connectivity index (χ3n) is 3.93. The van der Waals surface area contributed by atoms with E-state index < -0.39 is 0 Å². The van der Waals surface area contributed by atoms with Crippen LogP contribution in [0.15, 0.2) is 58.7 Å². The molecule has 1 aliphatic heterocycles. The molecule has 1 aliphatic rings. The highest BCUT2D eigenvalue weighted by molar-refractivity contribution is 7.97. The summed E-state index contributed by atoms with van der Waals surface area (Å²) >= 11 is 0.865. The summed E-state index contributed by atoms with van der Waals surface area (Å²) < 4.78 is 14.3. The van der Waals surface area contributed by atoms with Crippen LogP contribution in [0.5, 0.6) is 0 Å². The van der Waals surface area contributed by atoms with Crippen LogP contribution in [0.1, 0.15) is 25.8 Å². The molecule has 0 saturated carbocycles. The van der Waals surface area contributed by atoms with Gasteiger partial charge in [-0.25, -0.2) is 9.40 Å². The zero-order valence-electron chi connectivity index (χ0n) is 15.3. The Kier molecular flexibility index (Phi) is 7.63. The highest BCUT2D eigenvalue weighted by Crippen LogP contribution is 2.20. The molecule has 0 saturated heterocycles. The summed E-state index contributed by atoms with van der Waals surface area (Å²) in [7, 11) is 0. The van der Waals surface area contributed by atoms with Gasteiger partial charge in [-0.15, -0.1) is 0 Å². The van der Waals surface area contributed by atoms with Crippen LogP contribution in [0.2, 0.25) is 0 Å². The van der Waals surface area contributed by atoms with Crippen LogP contribution in [0, 0.1) is 5.82 Å². The number of amides is 2. The largest absolute Gasteiger partial charge is 0.381 e. The van der Waals surface area contributed by atoms with Crippen LogP contribution < -0.4 is 15.9 Å². The van der Waals surface area contributed by atoms with Crippen molar-refractivity contribution in [3.8, 4) is 0 Å². The van der Waals surface area contributed by atoms with E-state index >= 15 is 0 Å². The Morgan fingerprint density at radius 2 is 2.19 bits per heavy atom. The van der Waals surface area contributed by atoms with Crippen LogP contribution in [0.25, 0.3) is 0 Å². The van der Waals surface area contributed by atoms with Gasteiger partial charge in [0.15, 0.2) is 0 Å². The van der Waals surface area contributed by atoms with Crippen molar-refractivity contribution in [2.45, 2.75) is 31.7 Å². The highest BCUT2D eigenvalue weighted by atomic mass is 32.2. The number of nitrogens with two attached hydrogens (primary N) is 1. The predicted molar refractivity (Wildman–Crippen MR) is 104 cm³/mol. The van der Waals surface area contributed by atoms with Gasteiger partial charge in [-0.3, -0.25) is 20.2 Å². The second-order valence-electron chi connectivity index (χ2n) is 5.87. The van der Waals surface area contributed by atoms with Crippen molar-refractivity contribution in [2.75, 3.05) is 6.54 Å². The lowest BCUT2D eigenvalue weighted by molar-refractivity contribution is -0.137. The first-order valence-electron chi connectivity index (χ1n) is 8.50. The molecule has 27 heavy (non-hydrogen) atoms. The first-order chi connectivity index (χ1) is 13.0. The minimum absolute atomic E-state index is 0.184. The molecular formula is C19H23FN4O2S. The van der Waals surface area contributed by atoms with Crippen molar-refractivity contribution < 1.29 is 14.0 Å². The Labute approximate surface area is 162 Å². The van der Waals surface area contributed by atoms with E-state index in [-0.39, 0.29) is 37.1 Å². The number of allylic oxidation sites excluding steroid dienone is 3. The highest BCUT2D eigenvalue weighted by Gasteiger charge is 2.17. The molecule has 0 radical (unpaired) electrons. The minimum atomic E-state index is -0.354. The van der Waals surface area contributed by atoms with Gasteiger partial charge in [0, 0.05) is 29.8 Å². The van der Waals surface area contributed by atoms with Gasteiger partial charge in [0.05, 0.1) is 11.4 Å². The van der Waals surface area contributed by atoms with Gasteiger partial charge < -0.3 is 5.32 Å². The van der Waals surface area contributed by atoms with E-state index in [2.05, 4.69) is 10.7 Å². The molecule has 4 N–H and O–H groups in total. The van der Waals surface area contributed by atoms with Gasteiger partial charge in [0.2, 0.25) is 5.91 Å². The molecule has 1 heterocycles. The molecule has 144 valence electrons. The van der Waals surface area contributed by atoms with Crippen molar-refractivity contribution in [3.63, 3.8) is 0 Å². The van der Waals surface area contributed by atoms with E-state index in [1.807, 2.05) is 0 Å². The van der Waals surface area contributed by atoms with E-state index in [9.17, 15) is 14.0 Å². The summed E-state index contributed by atoms with van der Waals surface area (Å²) in [5, 5.41) is 9.87. The number of hydrogen-bond donors (Lipinski definition) is 3. The molecule has 2 rings (SSSR count). The van der Waals surface area contributed by atoms with Gasteiger partial charge in [-0.1, -0.05) is 31.2 Å². The Hall–Kier alpha value is -2.58. The molecule has 1 aromatic rings. The lowest BCUT2D eigenvalue weighted by Gasteiger charge is -2.22. The summed E-state index contributed by atoms with van der Waals surface area (Å²) in [5.41, 5.74) is 4.27. The molecule has 0 fully saturated rings. The van der Waals surface area contributed by atoms with E-state index in [4.69, 9.17) is 5.14 Å². The number of nitrogens with zero attached hydrogens (tertiary/aromatic N) is 1. The van der Waals surface area contributed by atoms with Crippen LogP contribution in [-0.4, -0.2) is 23.4 Å². The maximum atomic E-state index is 14.3. The Bertz CT molecular complexity index is 805. The van der Waals surface area contributed by atoms with Crippen molar-refractivity contribution in [1.29, 1.82) is 0 Å². The van der Waals surface area contributed by atoms with Crippen molar-refractivity contribution in [1.82, 2.24) is 15.8 Å². The smallest absolute Gasteiger partial charge is 0.268 e. The Morgan fingerprint density at radius 1 is 1.41 bits per heavy atom. The summed E-state index contributed by atoms with van der Waals surface area (Å²) in [4.78, 5) is 24.5.